The zero-order valence-corrected chi connectivity index (χ0v) is 13.3. The van der Waals surface area contributed by atoms with Gasteiger partial charge in [-0.15, -0.1) is 6.42 Å². The van der Waals surface area contributed by atoms with Crippen LogP contribution in [0.25, 0.3) is 0 Å². The Labute approximate surface area is 138 Å². The topological polar surface area (TPSA) is 78.4 Å². The summed E-state index contributed by atoms with van der Waals surface area (Å²) in [6.07, 6.45) is 5.28. The molecule has 118 valence electrons. The Morgan fingerprint density at radius 2 is 2.13 bits per heavy atom. The minimum absolute atomic E-state index is 0.0691. The van der Waals surface area contributed by atoms with Gasteiger partial charge in [-0.2, -0.15) is 11.3 Å². The molecule has 1 heterocycles. The van der Waals surface area contributed by atoms with Gasteiger partial charge >= 0.3 is 11.8 Å². The number of carbonyl (C=O) groups excluding carboxylic acids is 2. The van der Waals surface area contributed by atoms with Crippen LogP contribution in [0.1, 0.15) is 18.1 Å². The molecule has 0 spiro atoms. The first-order chi connectivity index (χ1) is 10.9. The molecule has 1 aromatic carbocycles. The normalized spacial score (nSPS) is 12.7. The average molecular weight is 328 g/mol. The second kappa shape index (κ2) is 7.09. The molecule has 0 aliphatic carbocycles. The minimum atomic E-state index is -1.24. The molecule has 0 saturated heterocycles. The zero-order chi connectivity index (χ0) is 16.9. The number of benzene rings is 1. The third-order valence-electron chi connectivity index (χ3n) is 3.23. The molecule has 2 amide bonds. The highest BCUT2D eigenvalue weighted by Gasteiger charge is 2.25. The van der Waals surface area contributed by atoms with Crippen LogP contribution in [0.4, 0.5) is 5.69 Å². The summed E-state index contributed by atoms with van der Waals surface area (Å²) in [6.45, 7) is 1.50. The van der Waals surface area contributed by atoms with E-state index in [1.165, 1.54) is 11.3 Å². The highest BCUT2D eigenvalue weighted by atomic mass is 32.1. The highest BCUT2D eigenvalue weighted by molar-refractivity contribution is 7.08. The fraction of sp³-hybridized carbons (Fsp3) is 0.176. The Balaban J connectivity index is 1.93. The van der Waals surface area contributed by atoms with Gasteiger partial charge in [0.25, 0.3) is 0 Å². The third-order valence-corrected chi connectivity index (χ3v) is 3.91. The van der Waals surface area contributed by atoms with E-state index in [1.807, 2.05) is 5.38 Å². The lowest BCUT2D eigenvalue weighted by Crippen LogP contribution is -2.43. The van der Waals surface area contributed by atoms with Crippen LogP contribution in [0.5, 0.6) is 0 Å². The van der Waals surface area contributed by atoms with Crippen molar-refractivity contribution >= 4 is 28.8 Å². The molecule has 1 atom stereocenters. The number of anilines is 1. The smallest absolute Gasteiger partial charge is 0.313 e. The first kappa shape index (κ1) is 16.7. The monoisotopic (exact) mass is 328 g/mol. The quantitative estimate of drug-likeness (QED) is 0.590. The number of rotatable bonds is 4. The van der Waals surface area contributed by atoms with Crippen molar-refractivity contribution in [2.45, 2.75) is 12.5 Å². The molecule has 6 heteroatoms. The standard InChI is InChI=1S/C17H16N2O3S/c1-3-12-5-4-6-14(9-12)19-16(21)15(20)18-11-17(2,22)13-7-8-23-10-13/h1,4-10,22H,11H2,2H3,(H,18,20)(H,19,21). The Morgan fingerprint density at radius 1 is 1.35 bits per heavy atom. The van der Waals surface area contributed by atoms with Gasteiger partial charge in [0.2, 0.25) is 0 Å². The number of nitrogens with one attached hydrogen (secondary N) is 2. The number of hydrogen-bond acceptors (Lipinski definition) is 4. The lowest BCUT2D eigenvalue weighted by Gasteiger charge is -2.22. The predicted octanol–water partition coefficient (Wildman–Crippen LogP) is 1.69. The van der Waals surface area contributed by atoms with Gasteiger partial charge in [-0.1, -0.05) is 12.0 Å². The highest BCUT2D eigenvalue weighted by Crippen LogP contribution is 2.21. The number of aliphatic hydroxyl groups is 1. The molecular formula is C17H16N2O3S. The van der Waals surface area contributed by atoms with Gasteiger partial charge in [0.1, 0.15) is 5.60 Å². The van der Waals surface area contributed by atoms with E-state index in [4.69, 9.17) is 6.42 Å². The maximum atomic E-state index is 11.9. The maximum Gasteiger partial charge on any atom is 0.313 e. The van der Waals surface area contributed by atoms with Crippen LogP contribution in [0, 0.1) is 12.3 Å². The third kappa shape index (κ3) is 4.42. The van der Waals surface area contributed by atoms with E-state index < -0.39 is 17.4 Å². The molecule has 3 N–H and O–H groups in total. The Hall–Kier alpha value is -2.62. The van der Waals surface area contributed by atoms with Gasteiger partial charge in [-0.3, -0.25) is 9.59 Å². The van der Waals surface area contributed by atoms with Crippen LogP contribution in [-0.4, -0.2) is 23.5 Å². The first-order valence-electron chi connectivity index (χ1n) is 6.83. The van der Waals surface area contributed by atoms with Crippen molar-refractivity contribution in [2.24, 2.45) is 0 Å². The van der Waals surface area contributed by atoms with E-state index in [0.29, 0.717) is 16.8 Å². The molecule has 0 fully saturated rings. The Morgan fingerprint density at radius 3 is 2.78 bits per heavy atom. The van der Waals surface area contributed by atoms with Crippen LogP contribution in [-0.2, 0) is 15.2 Å². The van der Waals surface area contributed by atoms with E-state index in [-0.39, 0.29) is 6.54 Å². The maximum absolute atomic E-state index is 11.9. The Bertz CT molecular complexity index is 745. The molecule has 0 aliphatic heterocycles. The van der Waals surface area contributed by atoms with Gasteiger partial charge in [0.15, 0.2) is 0 Å². The van der Waals surface area contributed by atoms with Crippen LogP contribution in [0.3, 0.4) is 0 Å². The van der Waals surface area contributed by atoms with Gasteiger partial charge in [0, 0.05) is 11.3 Å². The van der Waals surface area contributed by atoms with E-state index in [2.05, 4.69) is 16.6 Å². The van der Waals surface area contributed by atoms with Crippen molar-refractivity contribution in [2.75, 3.05) is 11.9 Å². The molecule has 1 aromatic heterocycles. The average Bonchev–Trinajstić information content (AvgIpc) is 3.08. The van der Waals surface area contributed by atoms with E-state index in [9.17, 15) is 14.7 Å². The van der Waals surface area contributed by atoms with Crippen molar-refractivity contribution in [3.05, 3.63) is 52.2 Å². The second-order valence-electron chi connectivity index (χ2n) is 5.15. The fourth-order valence-corrected chi connectivity index (χ4v) is 2.66. The number of carbonyl (C=O) groups is 2. The molecule has 23 heavy (non-hydrogen) atoms. The van der Waals surface area contributed by atoms with Crippen LogP contribution in [0.2, 0.25) is 0 Å². The van der Waals surface area contributed by atoms with Crippen molar-refractivity contribution < 1.29 is 14.7 Å². The van der Waals surface area contributed by atoms with Crippen molar-refractivity contribution in [3.63, 3.8) is 0 Å². The summed E-state index contributed by atoms with van der Waals surface area (Å²) >= 11 is 1.44. The lowest BCUT2D eigenvalue weighted by atomic mass is 9.99. The van der Waals surface area contributed by atoms with Gasteiger partial charge in [-0.25, -0.2) is 0 Å². The largest absolute Gasteiger partial charge is 0.384 e. The molecule has 5 nitrogen and oxygen atoms in total. The predicted molar refractivity (Wildman–Crippen MR) is 89.9 cm³/mol. The SMILES string of the molecule is C#Cc1cccc(NC(=O)C(=O)NCC(C)(O)c2ccsc2)c1. The van der Waals surface area contributed by atoms with Crippen molar-refractivity contribution in [1.82, 2.24) is 5.32 Å². The van der Waals surface area contributed by atoms with Crippen molar-refractivity contribution in [1.29, 1.82) is 0 Å². The second-order valence-corrected chi connectivity index (χ2v) is 5.93. The number of terminal acetylenes is 1. The summed E-state index contributed by atoms with van der Waals surface area (Å²) < 4.78 is 0. The molecular weight excluding hydrogens is 312 g/mol. The molecule has 2 aromatic rings. The molecule has 0 saturated carbocycles. The Kier molecular flexibility index (Phi) is 5.16. The molecule has 1 unspecified atom stereocenters. The van der Waals surface area contributed by atoms with E-state index >= 15 is 0 Å². The van der Waals surface area contributed by atoms with Crippen LogP contribution >= 0.6 is 11.3 Å². The summed E-state index contributed by atoms with van der Waals surface area (Å²) in [5.74, 6) is 0.800. The molecule has 0 aliphatic rings. The van der Waals surface area contributed by atoms with Crippen LogP contribution < -0.4 is 10.6 Å². The summed E-state index contributed by atoms with van der Waals surface area (Å²) in [4.78, 5) is 23.7. The van der Waals surface area contributed by atoms with Crippen LogP contribution in [0.15, 0.2) is 41.1 Å². The first-order valence-corrected chi connectivity index (χ1v) is 7.77. The minimum Gasteiger partial charge on any atom is -0.384 e. The molecule has 2 rings (SSSR count). The van der Waals surface area contributed by atoms with Gasteiger partial charge < -0.3 is 15.7 Å². The summed E-state index contributed by atoms with van der Waals surface area (Å²) in [6, 6.07) is 8.39. The number of thiophene rings is 1. The summed E-state index contributed by atoms with van der Waals surface area (Å²) in [5.41, 5.74) is 0.484. The number of hydrogen-bond donors (Lipinski definition) is 3. The molecule has 0 bridgehead atoms. The summed E-state index contributed by atoms with van der Waals surface area (Å²) in [5, 5.41) is 18.8. The lowest BCUT2D eigenvalue weighted by molar-refractivity contribution is -0.136. The zero-order valence-electron chi connectivity index (χ0n) is 12.5. The summed E-state index contributed by atoms with van der Waals surface area (Å²) in [7, 11) is 0. The van der Waals surface area contributed by atoms with E-state index in [0.717, 1.165) is 0 Å². The fourth-order valence-electron chi connectivity index (χ4n) is 1.88. The van der Waals surface area contributed by atoms with E-state index in [1.54, 1.807) is 42.6 Å². The number of amides is 2. The van der Waals surface area contributed by atoms with Gasteiger partial charge in [0.05, 0.1) is 6.54 Å². The van der Waals surface area contributed by atoms with Crippen molar-refractivity contribution in [3.8, 4) is 12.3 Å². The molecule has 0 radical (unpaired) electrons. The van der Waals surface area contributed by atoms with Gasteiger partial charge in [-0.05, 0) is 47.5 Å².